The fraction of sp³-hybridized carbons (Fsp3) is 0.500. The fourth-order valence-corrected chi connectivity index (χ4v) is 3.35. The van der Waals surface area contributed by atoms with Gasteiger partial charge in [0.25, 0.3) is 0 Å². The second-order valence-electron chi connectivity index (χ2n) is 3.51. The van der Waals surface area contributed by atoms with Gasteiger partial charge in [-0.3, -0.25) is 9.69 Å². The number of hydrogen-bond acceptors (Lipinski definition) is 3. The van der Waals surface area contributed by atoms with E-state index in [1.165, 1.54) is 11.3 Å². The molecule has 0 spiro atoms. The van der Waals surface area contributed by atoms with Gasteiger partial charge in [-0.1, -0.05) is 18.5 Å². The van der Waals surface area contributed by atoms with Gasteiger partial charge in [-0.2, -0.15) is 0 Å². The van der Waals surface area contributed by atoms with Gasteiger partial charge in [-0.15, -0.1) is 11.3 Å². The average Bonchev–Trinajstić information content (AvgIpc) is 2.45. The van der Waals surface area contributed by atoms with Crippen molar-refractivity contribution in [2.75, 3.05) is 7.05 Å². The van der Waals surface area contributed by atoms with Crippen molar-refractivity contribution in [2.24, 2.45) is 0 Å². The lowest BCUT2D eigenvalue weighted by Crippen LogP contribution is -2.37. The Morgan fingerprint density at radius 2 is 2.38 bits per heavy atom. The molecule has 0 radical (unpaired) electrons. The first-order valence-electron chi connectivity index (χ1n) is 4.82. The highest BCUT2D eigenvalue weighted by Crippen LogP contribution is 2.32. The van der Waals surface area contributed by atoms with E-state index in [4.69, 9.17) is 16.7 Å². The Kier molecular flexibility index (Phi) is 5.24. The Labute approximate surface area is 112 Å². The SMILES string of the molecule is CCC(C(=O)O)N(C)Cc1cc(Br)c(Cl)s1. The molecule has 1 rings (SSSR count). The van der Waals surface area contributed by atoms with E-state index in [2.05, 4.69) is 15.9 Å². The Balaban J connectivity index is 2.69. The van der Waals surface area contributed by atoms with Gasteiger partial charge in [0.1, 0.15) is 10.4 Å². The summed E-state index contributed by atoms with van der Waals surface area (Å²) < 4.78 is 1.57. The number of hydrogen-bond donors (Lipinski definition) is 1. The van der Waals surface area contributed by atoms with Crippen molar-refractivity contribution in [2.45, 2.75) is 25.9 Å². The van der Waals surface area contributed by atoms with Gasteiger partial charge < -0.3 is 5.11 Å². The third-order valence-electron chi connectivity index (χ3n) is 2.31. The lowest BCUT2D eigenvalue weighted by atomic mass is 10.2. The van der Waals surface area contributed by atoms with Crippen LogP contribution in [0.3, 0.4) is 0 Å². The van der Waals surface area contributed by atoms with Crippen LogP contribution in [-0.4, -0.2) is 29.1 Å². The standard InChI is InChI=1S/C10H13BrClNO2S/c1-3-8(10(14)15)13(2)5-6-4-7(11)9(12)16-6/h4,8H,3,5H2,1-2H3,(H,14,15). The molecule has 0 aliphatic heterocycles. The van der Waals surface area contributed by atoms with Gasteiger partial charge in [0.2, 0.25) is 0 Å². The van der Waals surface area contributed by atoms with Crippen molar-refractivity contribution in [3.63, 3.8) is 0 Å². The van der Waals surface area contributed by atoms with Crippen molar-refractivity contribution in [1.82, 2.24) is 4.90 Å². The molecule has 0 aliphatic rings. The highest BCUT2D eigenvalue weighted by molar-refractivity contribution is 9.10. The lowest BCUT2D eigenvalue weighted by molar-refractivity contribution is -0.143. The summed E-state index contributed by atoms with van der Waals surface area (Å²) in [5.41, 5.74) is 0. The lowest BCUT2D eigenvalue weighted by Gasteiger charge is -2.22. The number of carbonyl (C=O) groups is 1. The molecule has 3 nitrogen and oxygen atoms in total. The van der Waals surface area contributed by atoms with Crippen LogP contribution in [0, 0.1) is 0 Å². The number of carboxylic acid groups (broad SMARTS) is 1. The maximum Gasteiger partial charge on any atom is 0.320 e. The van der Waals surface area contributed by atoms with E-state index in [0.29, 0.717) is 17.3 Å². The van der Waals surface area contributed by atoms with Gasteiger partial charge in [-0.05, 0) is 35.5 Å². The molecule has 0 amide bonds. The van der Waals surface area contributed by atoms with Crippen molar-refractivity contribution in [1.29, 1.82) is 0 Å². The number of likely N-dealkylation sites (N-methyl/N-ethyl adjacent to an activating group) is 1. The Hall–Kier alpha value is -0.100. The van der Waals surface area contributed by atoms with Crippen molar-refractivity contribution in [3.05, 3.63) is 19.8 Å². The average molecular weight is 327 g/mol. The number of aliphatic carboxylic acids is 1. The smallest absolute Gasteiger partial charge is 0.320 e. The summed E-state index contributed by atoms with van der Waals surface area (Å²) in [4.78, 5) is 13.8. The predicted molar refractivity (Wildman–Crippen MR) is 70.2 cm³/mol. The predicted octanol–water partition coefficient (Wildman–Crippen LogP) is 3.46. The molecule has 0 aromatic carbocycles. The third kappa shape index (κ3) is 3.45. The van der Waals surface area contributed by atoms with Crippen LogP contribution in [0.1, 0.15) is 18.2 Å². The van der Waals surface area contributed by atoms with Crippen LogP contribution in [0.15, 0.2) is 10.5 Å². The van der Waals surface area contributed by atoms with Crippen LogP contribution in [0.4, 0.5) is 0 Å². The molecule has 1 heterocycles. The van der Waals surface area contributed by atoms with Crippen LogP contribution in [0.25, 0.3) is 0 Å². The normalized spacial score (nSPS) is 13.1. The molecule has 0 saturated carbocycles. The summed E-state index contributed by atoms with van der Waals surface area (Å²) in [6, 6.07) is 1.48. The van der Waals surface area contributed by atoms with E-state index in [-0.39, 0.29) is 0 Å². The zero-order valence-corrected chi connectivity index (χ0v) is 12.2. The van der Waals surface area contributed by atoms with Gasteiger partial charge >= 0.3 is 5.97 Å². The number of rotatable bonds is 5. The van der Waals surface area contributed by atoms with E-state index >= 15 is 0 Å². The summed E-state index contributed by atoms with van der Waals surface area (Å²) in [6.07, 6.45) is 0.589. The van der Waals surface area contributed by atoms with Crippen molar-refractivity contribution in [3.8, 4) is 0 Å². The first-order chi connectivity index (χ1) is 7.45. The Morgan fingerprint density at radius 1 is 1.75 bits per heavy atom. The summed E-state index contributed by atoms with van der Waals surface area (Å²) in [5.74, 6) is -0.785. The summed E-state index contributed by atoms with van der Waals surface area (Å²) in [5, 5.41) is 9.01. The van der Waals surface area contributed by atoms with Crippen LogP contribution in [-0.2, 0) is 11.3 Å². The zero-order chi connectivity index (χ0) is 12.3. The summed E-state index contributed by atoms with van der Waals surface area (Å²) >= 11 is 10.7. The molecule has 6 heteroatoms. The first-order valence-corrected chi connectivity index (χ1v) is 6.81. The molecule has 16 heavy (non-hydrogen) atoms. The largest absolute Gasteiger partial charge is 0.480 e. The van der Waals surface area contributed by atoms with E-state index < -0.39 is 12.0 Å². The second kappa shape index (κ2) is 6.00. The number of carboxylic acids is 1. The maximum atomic E-state index is 11.0. The third-order valence-corrected chi connectivity index (χ3v) is 4.76. The van der Waals surface area contributed by atoms with Gasteiger partial charge in [-0.25, -0.2) is 0 Å². The summed E-state index contributed by atoms with van der Waals surface area (Å²) in [6.45, 7) is 2.47. The van der Waals surface area contributed by atoms with Gasteiger partial charge in [0.15, 0.2) is 0 Å². The fourth-order valence-electron chi connectivity index (χ4n) is 1.50. The molecule has 0 bridgehead atoms. The van der Waals surface area contributed by atoms with E-state index in [1.807, 2.05) is 24.9 Å². The topological polar surface area (TPSA) is 40.5 Å². The molecular formula is C10H13BrClNO2S. The first kappa shape index (κ1) is 14.0. The zero-order valence-electron chi connectivity index (χ0n) is 9.04. The molecule has 0 fully saturated rings. The molecule has 0 aliphatic carbocycles. The monoisotopic (exact) mass is 325 g/mol. The summed E-state index contributed by atoms with van der Waals surface area (Å²) in [7, 11) is 1.81. The number of nitrogens with zero attached hydrogens (tertiary/aromatic N) is 1. The van der Waals surface area contributed by atoms with Gasteiger partial charge in [0.05, 0.1) is 0 Å². The molecular weight excluding hydrogens is 314 g/mol. The van der Waals surface area contributed by atoms with Crippen LogP contribution >= 0.6 is 38.9 Å². The minimum atomic E-state index is -0.785. The molecule has 1 aromatic rings. The van der Waals surface area contributed by atoms with Crippen LogP contribution < -0.4 is 0 Å². The Bertz CT molecular complexity index is 363. The number of halogens is 2. The van der Waals surface area contributed by atoms with Gasteiger partial charge in [0, 0.05) is 15.9 Å². The van der Waals surface area contributed by atoms with E-state index in [9.17, 15) is 4.79 Å². The maximum absolute atomic E-state index is 11.0. The molecule has 1 unspecified atom stereocenters. The van der Waals surface area contributed by atoms with Crippen molar-refractivity contribution < 1.29 is 9.90 Å². The van der Waals surface area contributed by atoms with E-state index in [0.717, 1.165) is 9.35 Å². The minimum Gasteiger partial charge on any atom is -0.480 e. The molecule has 1 atom stereocenters. The van der Waals surface area contributed by atoms with Crippen LogP contribution in [0.2, 0.25) is 4.34 Å². The molecule has 0 saturated heterocycles. The highest BCUT2D eigenvalue weighted by Gasteiger charge is 2.21. The Morgan fingerprint density at radius 3 is 2.75 bits per heavy atom. The van der Waals surface area contributed by atoms with Crippen molar-refractivity contribution >= 4 is 44.8 Å². The molecule has 90 valence electrons. The molecule has 1 N–H and O–H groups in total. The second-order valence-corrected chi connectivity index (χ2v) is 6.10. The van der Waals surface area contributed by atoms with Crippen LogP contribution in [0.5, 0.6) is 0 Å². The van der Waals surface area contributed by atoms with E-state index in [1.54, 1.807) is 0 Å². The molecule has 1 aromatic heterocycles. The minimum absolute atomic E-state index is 0.445. The quantitative estimate of drug-likeness (QED) is 0.901. The highest BCUT2D eigenvalue weighted by atomic mass is 79.9. The number of thiophene rings is 1.